The SMILES string of the molecule is Cc1cc(CBr)ccc1Oc1c(Br)cc([N+](=O)[O-])cc1Br. The lowest BCUT2D eigenvalue weighted by molar-refractivity contribution is -0.385. The Morgan fingerprint density at radius 1 is 1.19 bits per heavy atom. The molecule has 0 unspecified atom stereocenters. The van der Waals surface area contributed by atoms with Crippen LogP contribution in [-0.4, -0.2) is 4.92 Å². The minimum absolute atomic E-state index is 0.00698. The van der Waals surface area contributed by atoms with E-state index in [1.165, 1.54) is 12.1 Å². The molecular weight excluding hydrogens is 470 g/mol. The molecule has 21 heavy (non-hydrogen) atoms. The van der Waals surface area contributed by atoms with E-state index < -0.39 is 4.92 Å². The molecule has 4 nitrogen and oxygen atoms in total. The Morgan fingerprint density at radius 3 is 2.29 bits per heavy atom. The van der Waals surface area contributed by atoms with Crippen molar-refractivity contribution >= 4 is 53.5 Å². The summed E-state index contributed by atoms with van der Waals surface area (Å²) in [6, 6.07) is 8.71. The molecule has 2 aromatic rings. The van der Waals surface area contributed by atoms with Gasteiger partial charge in [-0.15, -0.1) is 0 Å². The zero-order valence-electron chi connectivity index (χ0n) is 10.9. The minimum atomic E-state index is -0.449. The van der Waals surface area contributed by atoms with Crippen LogP contribution >= 0.6 is 47.8 Å². The maximum atomic E-state index is 10.8. The van der Waals surface area contributed by atoms with Gasteiger partial charge in [-0.3, -0.25) is 10.1 Å². The van der Waals surface area contributed by atoms with E-state index in [2.05, 4.69) is 47.8 Å². The highest BCUT2D eigenvalue weighted by Crippen LogP contribution is 2.40. The number of halogens is 3. The molecule has 0 heterocycles. The van der Waals surface area contributed by atoms with E-state index in [1.807, 2.05) is 25.1 Å². The van der Waals surface area contributed by atoms with Crippen LogP contribution in [0.15, 0.2) is 39.3 Å². The van der Waals surface area contributed by atoms with Crippen molar-refractivity contribution in [2.45, 2.75) is 12.3 Å². The van der Waals surface area contributed by atoms with Gasteiger partial charge in [0.25, 0.3) is 5.69 Å². The first-order valence-corrected chi connectivity index (χ1v) is 8.60. The van der Waals surface area contributed by atoms with Gasteiger partial charge in [-0.2, -0.15) is 0 Å². The van der Waals surface area contributed by atoms with Crippen LogP contribution in [0.1, 0.15) is 11.1 Å². The normalized spacial score (nSPS) is 10.5. The van der Waals surface area contributed by atoms with Crippen molar-refractivity contribution in [2.24, 2.45) is 0 Å². The summed E-state index contributed by atoms with van der Waals surface area (Å²) in [7, 11) is 0. The number of hydrogen-bond donors (Lipinski definition) is 0. The third-order valence-corrected chi connectivity index (χ3v) is 4.63. The fourth-order valence-corrected chi connectivity index (χ4v) is 3.44. The molecule has 0 fully saturated rings. The Labute approximate surface area is 147 Å². The van der Waals surface area contributed by atoms with E-state index in [0.717, 1.165) is 16.5 Å². The molecule has 0 saturated heterocycles. The first-order valence-electron chi connectivity index (χ1n) is 5.89. The van der Waals surface area contributed by atoms with Crippen molar-refractivity contribution in [1.82, 2.24) is 0 Å². The van der Waals surface area contributed by atoms with Crippen molar-refractivity contribution < 1.29 is 9.66 Å². The number of non-ortho nitro benzene ring substituents is 1. The molecule has 0 aromatic heterocycles. The molecule has 7 heteroatoms. The average Bonchev–Trinajstić information content (AvgIpc) is 2.43. The van der Waals surface area contributed by atoms with Crippen LogP contribution in [0, 0.1) is 17.0 Å². The molecule has 0 aliphatic rings. The van der Waals surface area contributed by atoms with Crippen LogP contribution in [0.25, 0.3) is 0 Å². The zero-order chi connectivity index (χ0) is 15.6. The summed E-state index contributed by atoms with van der Waals surface area (Å²) in [4.78, 5) is 10.4. The van der Waals surface area contributed by atoms with Gasteiger partial charge in [-0.1, -0.05) is 28.1 Å². The molecule has 0 radical (unpaired) electrons. The third kappa shape index (κ3) is 3.84. The van der Waals surface area contributed by atoms with Crippen molar-refractivity contribution in [3.8, 4) is 11.5 Å². The maximum absolute atomic E-state index is 10.8. The van der Waals surface area contributed by atoms with Crippen LogP contribution in [0.2, 0.25) is 0 Å². The van der Waals surface area contributed by atoms with Gasteiger partial charge >= 0.3 is 0 Å². The predicted octanol–water partition coefficient (Wildman–Crippen LogP) is 6.12. The van der Waals surface area contributed by atoms with Crippen LogP contribution in [0.3, 0.4) is 0 Å². The van der Waals surface area contributed by atoms with E-state index >= 15 is 0 Å². The molecular formula is C14H10Br3NO3. The standard InChI is InChI=1S/C14H10Br3NO3/c1-8-4-9(7-15)2-3-13(8)21-14-11(16)5-10(18(19)20)6-12(14)17/h2-6H,7H2,1H3. The summed E-state index contributed by atoms with van der Waals surface area (Å²) < 4.78 is 6.92. The first kappa shape index (κ1) is 16.5. The molecule has 0 saturated carbocycles. The van der Waals surface area contributed by atoms with Gasteiger partial charge in [0.1, 0.15) is 5.75 Å². The van der Waals surface area contributed by atoms with Crippen LogP contribution < -0.4 is 4.74 Å². The van der Waals surface area contributed by atoms with Gasteiger partial charge in [0.2, 0.25) is 0 Å². The summed E-state index contributed by atoms with van der Waals surface area (Å²) in [5.41, 5.74) is 2.14. The molecule has 0 amide bonds. The van der Waals surface area contributed by atoms with Gasteiger partial charge in [0.15, 0.2) is 5.75 Å². The van der Waals surface area contributed by atoms with Gasteiger partial charge in [-0.05, 0) is 56.0 Å². The van der Waals surface area contributed by atoms with E-state index in [1.54, 1.807) is 0 Å². The highest BCUT2D eigenvalue weighted by atomic mass is 79.9. The highest BCUT2D eigenvalue weighted by molar-refractivity contribution is 9.11. The minimum Gasteiger partial charge on any atom is -0.455 e. The molecule has 0 atom stereocenters. The zero-order valence-corrected chi connectivity index (χ0v) is 15.7. The quantitative estimate of drug-likeness (QED) is 0.302. The smallest absolute Gasteiger partial charge is 0.271 e. The molecule has 0 aliphatic heterocycles. The highest BCUT2D eigenvalue weighted by Gasteiger charge is 2.16. The number of alkyl halides is 1. The van der Waals surface area contributed by atoms with E-state index in [9.17, 15) is 10.1 Å². The van der Waals surface area contributed by atoms with Crippen LogP contribution in [0.4, 0.5) is 5.69 Å². The second-order valence-corrected chi connectivity index (χ2v) is 6.60. The maximum Gasteiger partial charge on any atom is 0.271 e. The Kier molecular flexibility index (Phi) is 5.40. The molecule has 2 aromatic carbocycles. The molecule has 0 spiro atoms. The van der Waals surface area contributed by atoms with Gasteiger partial charge in [-0.25, -0.2) is 0 Å². The van der Waals surface area contributed by atoms with Crippen molar-refractivity contribution in [2.75, 3.05) is 0 Å². The lowest BCUT2D eigenvalue weighted by atomic mass is 10.1. The summed E-state index contributed by atoms with van der Waals surface area (Å²) in [6.07, 6.45) is 0. The van der Waals surface area contributed by atoms with Crippen LogP contribution in [0.5, 0.6) is 11.5 Å². The van der Waals surface area contributed by atoms with E-state index in [-0.39, 0.29) is 5.69 Å². The second-order valence-electron chi connectivity index (χ2n) is 4.33. The molecule has 2 rings (SSSR count). The number of nitro benzene ring substituents is 1. The number of rotatable bonds is 4. The van der Waals surface area contributed by atoms with Crippen molar-refractivity contribution in [1.29, 1.82) is 0 Å². The largest absolute Gasteiger partial charge is 0.455 e. The lowest BCUT2D eigenvalue weighted by Gasteiger charge is -2.12. The van der Waals surface area contributed by atoms with Crippen molar-refractivity contribution in [3.05, 3.63) is 60.5 Å². The Morgan fingerprint density at radius 2 is 1.81 bits per heavy atom. The molecule has 0 bridgehead atoms. The van der Waals surface area contributed by atoms with E-state index in [0.29, 0.717) is 20.4 Å². The Balaban J connectivity index is 2.38. The predicted molar refractivity (Wildman–Crippen MR) is 92.4 cm³/mol. The number of hydrogen-bond acceptors (Lipinski definition) is 3. The second kappa shape index (κ2) is 6.89. The first-order chi connectivity index (χ1) is 9.92. The molecule has 110 valence electrons. The number of aryl methyl sites for hydroxylation is 1. The number of ether oxygens (including phenoxy) is 1. The lowest BCUT2D eigenvalue weighted by Crippen LogP contribution is -1.93. The monoisotopic (exact) mass is 477 g/mol. The number of benzene rings is 2. The topological polar surface area (TPSA) is 52.4 Å². The Bertz CT molecular complexity index is 681. The van der Waals surface area contributed by atoms with Crippen molar-refractivity contribution in [3.63, 3.8) is 0 Å². The number of nitrogens with zero attached hydrogens (tertiary/aromatic N) is 1. The van der Waals surface area contributed by atoms with Gasteiger partial charge in [0.05, 0.1) is 13.9 Å². The summed E-state index contributed by atoms with van der Waals surface area (Å²) in [5, 5.41) is 11.6. The average molecular weight is 480 g/mol. The summed E-state index contributed by atoms with van der Waals surface area (Å²) in [5.74, 6) is 1.21. The summed E-state index contributed by atoms with van der Waals surface area (Å²) in [6.45, 7) is 1.95. The van der Waals surface area contributed by atoms with E-state index in [4.69, 9.17) is 4.74 Å². The van der Waals surface area contributed by atoms with Gasteiger partial charge in [0, 0.05) is 17.5 Å². The third-order valence-electron chi connectivity index (χ3n) is 2.80. The fraction of sp³-hybridized carbons (Fsp3) is 0.143. The van der Waals surface area contributed by atoms with Gasteiger partial charge < -0.3 is 4.74 Å². The summed E-state index contributed by atoms with van der Waals surface area (Å²) >= 11 is 10.0. The van der Waals surface area contributed by atoms with Crippen LogP contribution in [-0.2, 0) is 5.33 Å². The number of nitro groups is 1. The molecule has 0 N–H and O–H groups in total. The Hall–Kier alpha value is -0.920. The molecule has 0 aliphatic carbocycles. The fourth-order valence-electron chi connectivity index (χ4n) is 1.77.